The molecule has 2 N–H and O–H groups in total. The fraction of sp³-hybridized carbons (Fsp3) is 0.545. The lowest BCUT2D eigenvalue weighted by molar-refractivity contribution is -0.135. The Morgan fingerprint density at radius 2 is 2.18 bits per heavy atom. The second-order valence-electron chi connectivity index (χ2n) is 3.73. The van der Waals surface area contributed by atoms with Gasteiger partial charge >= 0.3 is 6.18 Å². The monoisotopic (exact) mass is 248 g/mol. The van der Waals surface area contributed by atoms with Crippen LogP contribution in [0.3, 0.4) is 0 Å². The quantitative estimate of drug-likeness (QED) is 0.871. The first-order chi connectivity index (χ1) is 7.94. The molecule has 0 aromatic carbocycles. The van der Waals surface area contributed by atoms with E-state index in [0.717, 1.165) is 0 Å². The van der Waals surface area contributed by atoms with Crippen LogP contribution in [0.5, 0.6) is 5.75 Å². The van der Waals surface area contributed by atoms with E-state index < -0.39 is 18.6 Å². The molecule has 0 aliphatic rings. The second kappa shape index (κ2) is 5.86. The molecule has 1 atom stereocenters. The number of halogens is 3. The van der Waals surface area contributed by atoms with Crippen molar-refractivity contribution >= 4 is 0 Å². The third-order valence-electron chi connectivity index (χ3n) is 2.41. The number of hydrogen-bond acceptors (Lipinski definition) is 3. The number of aromatic nitrogens is 1. The van der Waals surface area contributed by atoms with Crippen LogP contribution in [0.15, 0.2) is 18.5 Å². The van der Waals surface area contributed by atoms with Crippen LogP contribution in [-0.4, -0.2) is 18.3 Å². The molecule has 0 aliphatic heterocycles. The minimum absolute atomic E-state index is 0.0101. The largest absolute Gasteiger partial charge is 0.495 e. The topological polar surface area (TPSA) is 48.1 Å². The molecule has 0 amide bonds. The van der Waals surface area contributed by atoms with E-state index in [1.54, 1.807) is 12.3 Å². The molecule has 0 aliphatic carbocycles. The Balaban J connectivity index is 2.55. The average Bonchev–Trinajstić information content (AvgIpc) is 2.27. The van der Waals surface area contributed by atoms with Gasteiger partial charge in [0.2, 0.25) is 0 Å². The SMILES string of the molecule is COc1cnccc1C(N)CCCC(F)(F)F. The Morgan fingerprint density at radius 1 is 1.47 bits per heavy atom. The zero-order valence-corrected chi connectivity index (χ0v) is 9.50. The van der Waals surface area contributed by atoms with Crippen LogP contribution in [0.25, 0.3) is 0 Å². The normalized spacial score (nSPS) is 13.5. The smallest absolute Gasteiger partial charge is 0.389 e. The minimum Gasteiger partial charge on any atom is -0.495 e. The number of methoxy groups -OCH3 is 1. The molecule has 1 aromatic rings. The first-order valence-corrected chi connectivity index (χ1v) is 5.24. The van der Waals surface area contributed by atoms with Gasteiger partial charge in [-0.1, -0.05) is 0 Å². The second-order valence-corrected chi connectivity index (χ2v) is 3.73. The highest BCUT2D eigenvalue weighted by atomic mass is 19.4. The number of nitrogens with zero attached hydrogens (tertiary/aromatic N) is 1. The van der Waals surface area contributed by atoms with Crippen LogP contribution in [0, 0.1) is 0 Å². The third-order valence-corrected chi connectivity index (χ3v) is 2.41. The van der Waals surface area contributed by atoms with Crippen molar-refractivity contribution in [1.82, 2.24) is 4.98 Å². The molecule has 1 heterocycles. The van der Waals surface area contributed by atoms with E-state index >= 15 is 0 Å². The van der Waals surface area contributed by atoms with Gasteiger partial charge in [-0.2, -0.15) is 13.2 Å². The van der Waals surface area contributed by atoms with Crippen LogP contribution >= 0.6 is 0 Å². The minimum atomic E-state index is -4.12. The molecule has 0 spiro atoms. The molecule has 1 aromatic heterocycles. The number of rotatable bonds is 5. The van der Waals surface area contributed by atoms with Crippen molar-refractivity contribution in [3.05, 3.63) is 24.0 Å². The summed E-state index contributed by atoms with van der Waals surface area (Å²) in [6, 6.07) is 1.20. The van der Waals surface area contributed by atoms with E-state index in [0.29, 0.717) is 11.3 Å². The van der Waals surface area contributed by atoms with Crippen LogP contribution in [0.2, 0.25) is 0 Å². The third kappa shape index (κ3) is 4.60. The van der Waals surface area contributed by atoms with Gasteiger partial charge in [-0.3, -0.25) is 4.98 Å². The van der Waals surface area contributed by atoms with Crippen molar-refractivity contribution in [2.75, 3.05) is 7.11 Å². The van der Waals surface area contributed by atoms with Crippen molar-refractivity contribution in [2.45, 2.75) is 31.5 Å². The van der Waals surface area contributed by atoms with Gasteiger partial charge in [0.25, 0.3) is 0 Å². The van der Waals surface area contributed by atoms with Gasteiger partial charge in [-0.15, -0.1) is 0 Å². The van der Waals surface area contributed by atoms with E-state index in [1.165, 1.54) is 13.3 Å². The van der Waals surface area contributed by atoms with Gasteiger partial charge < -0.3 is 10.5 Å². The summed E-state index contributed by atoms with van der Waals surface area (Å²) in [4.78, 5) is 3.86. The van der Waals surface area contributed by atoms with Gasteiger partial charge in [0, 0.05) is 24.2 Å². The fourth-order valence-electron chi connectivity index (χ4n) is 1.55. The summed E-state index contributed by atoms with van der Waals surface area (Å²) in [5.41, 5.74) is 6.51. The maximum absolute atomic E-state index is 12.0. The lowest BCUT2D eigenvalue weighted by Crippen LogP contribution is -2.14. The maximum Gasteiger partial charge on any atom is 0.389 e. The molecule has 1 rings (SSSR count). The first-order valence-electron chi connectivity index (χ1n) is 5.24. The predicted molar refractivity (Wildman–Crippen MR) is 57.6 cm³/mol. The van der Waals surface area contributed by atoms with Crippen molar-refractivity contribution in [3.63, 3.8) is 0 Å². The van der Waals surface area contributed by atoms with Crippen molar-refractivity contribution in [1.29, 1.82) is 0 Å². The van der Waals surface area contributed by atoms with E-state index in [1.807, 2.05) is 0 Å². The summed E-state index contributed by atoms with van der Waals surface area (Å²) >= 11 is 0. The Kier molecular flexibility index (Phi) is 4.74. The zero-order chi connectivity index (χ0) is 12.9. The number of nitrogens with two attached hydrogens (primary N) is 1. The van der Waals surface area contributed by atoms with Gasteiger partial charge in [0.05, 0.1) is 13.3 Å². The fourth-order valence-corrected chi connectivity index (χ4v) is 1.55. The molecule has 0 bridgehead atoms. The number of alkyl halides is 3. The number of hydrogen-bond donors (Lipinski definition) is 1. The van der Waals surface area contributed by atoms with Gasteiger partial charge in [-0.25, -0.2) is 0 Å². The van der Waals surface area contributed by atoms with Crippen LogP contribution in [0.4, 0.5) is 13.2 Å². The van der Waals surface area contributed by atoms with E-state index in [9.17, 15) is 13.2 Å². The van der Waals surface area contributed by atoms with Gasteiger partial charge in [-0.05, 0) is 18.9 Å². The summed E-state index contributed by atoms with van der Waals surface area (Å²) in [6.07, 6.45) is -1.62. The number of pyridine rings is 1. The molecule has 0 saturated carbocycles. The Hall–Kier alpha value is -1.30. The molecular formula is C11H15F3N2O. The van der Waals surface area contributed by atoms with E-state index in [2.05, 4.69) is 4.98 Å². The molecule has 0 saturated heterocycles. The summed E-state index contributed by atoms with van der Waals surface area (Å²) in [5.74, 6) is 0.506. The average molecular weight is 248 g/mol. The predicted octanol–water partition coefficient (Wildman–Crippen LogP) is 2.82. The summed E-state index contributed by atoms with van der Waals surface area (Å²) < 4.78 is 41.0. The van der Waals surface area contributed by atoms with E-state index in [4.69, 9.17) is 10.5 Å². The zero-order valence-electron chi connectivity index (χ0n) is 9.50. The summed E-state index contributed by atoms with van der Waals surface area (Å²) in [7, 11) is 1.48. The lowest BCUT2D eigenvalue weighted by atomic mass is 10.0. The first kappa shape index (κ1) is 13.8. The molecule has 1 unspecified atom stereocenters. The Bertz CT molecular complexity index is 355. The molecule has 0 radical (unpaired) electrons. The molecule has 6 heteroatoms. The van der Waals surface area contributed by atoms with E-state index in [-0.39, 0.29) is 12.8 Å². The highest BCUT2D eigenvalue weighted by Gasteiger charge is 2.26. The molecular weight excluding hydrogens is 233 g/mol. The van der Waals surface area contributed by atoms with Crippen LogP contribution in [-0.2, 0) is 0 Å². The van der Waals surface area contributed by atoms with Crippen molar-refractivity contribution in [3.8, 4) is 5.75 Å². The van der Waals surface area contributed by atoms with Crippen molar-refractivity contribution < 1.29 is 17.9 Å². The molecule has 3 nitrogen and oxygen atoms in total. The Morgan fingerprint density at radius 3 is 2.76 bits per heavy atom. The van der Waals surface area contributed by atoms with Crippen LogP contribution in [0.1, 0.15) is 30.9 Å². The standard InChI is InChI=1S/C11H15F3N2O/c1-17-10-7-16-6-4-8(10)9(15)3-2-5-11(12,13)14/h4,6-7,9H,2-3,5,15H2,1H3. The lowest BCUT2D eigenvalue weighted by Gasteiger charge is -2.15. The van der Waals surface area contributed by atoms with Gasteiger partial charge in [0.15, 0.2) is 0 Å². The molecule has 96 valence electrons. The number of ether oxygens (including phenoxy) is 1. The van der Waals surface area contributed by atoms with Crippen molar-refractivity contribution in [2.24, 2.45) is 5.73 Å². The van der Waals surface area contributed by atoms with Crippen LogP contribution < -0.4 is 10.5 Å². The molecule has 0 fully saturated rings. The highest BCUT2D eigenvalue weighted by molar-refractivity contribution is 5.32. The van der Waals surface area contributed by atoms with Gasteiger partial charge in [0.1, 0.15) is 5.75 Å². The molecule has 17 heavy (non-hydrogen) atoms. The maximum atomic E-state index is 12.0. The Labute approximate surface area is 97.8 Å². The highest BCUT2D eigenvalue weighted by Crippen LogP contribution is 2.28. The summed E-state index contributed by atoms with van der Waals surface area (Å²) in [6.45, 7) is 0. The summed E-state index contributed by atoms with van der Waals surface area (Å²) in [5, 5.41) is 0.